The molecule has 3 heteroatoms. The minimum absolute atomic E-state index is 0.883. The van der Waals surface area contributed by atoms with Crippen LogP contribution in [-0.2, 0) is 0 Å². The number of benzene rings is 3. The van der Waals surface area contributed by atoms with Gasteiger partial charge in [-0.25, -0.2) is 9.67 Å². The fraction of sp³-hybridized carbons (Fsp3) is 0.0833. The van der Waals surface area contributed by atoms with E-state index < -0.39 is 0 Å². The number of pyridine rings is 1. The molecule has 0 fully saturated rings. The lowest BCUT2D eigenvalue weighted by Crippen LogP contribution is -1.98. The van der Waals surface area contributed by atoms with Crippen LogP contribution in [0, 0.1) is 13.8 Å². The maximum absolute atomic E-state index is 4.97. The van der Waals surface area contributed by atoms with Gasteiger partial charge in [-0.3, -0.25) is 0 Å². The Balaban J connectivity index is 1.84. The second-order valence-electron chi connectivity index (χ2n) is 7.01. The predicted molar refractivity (Wildman–Crippen MR) is 111 cm³/mol. The normalized spacial score (nSPS) is 11.3. The Hall–Kier alpha value is -3.46. The van der Waals surface area contributed by atoms with Gasteiger partial charge in [-0.15, -0.1) is 0 Å². The van der Waals surface area contributed by atoms with Crippen molar-refractivity contribution in [1.82, 2.24) is 14.8 Å². The lowest BCUT2D eigenvalue weighted by Gasteiger charge is -2.04. The summed E-state index contributed by atoms with van der Waals surface area (Å²) >= 11 is 0. The fourth-order valence-corrected chi connectivity index (χ4v) is 3.43. The van der Waals surface area contributed by atoms with Gasteiger partial charge in [-0.05, 0) is 38.1 Å². The minimum atomic E-state index is 0.883. The fourth-order valence-electron chi connectivity index (χ4n) is 3.43. The van der Waals surface area contributed by atoms with Crippen molar-refractivity contribution in [3.05, 3.63) is 90.0 Å². The van der Waals surface area contributed by atoms with Gasteiger partial charge in [0.05, 0.1) is 11.2 Å². The third kappa shape index (κ3) is 2.68. The predicted octanol–water partition coefficient (Wildman–Crippen LogP) is 5.86. The molecule has 0 spiro atoms. The molecule has 0 aliphatic carbocycles. The van der Waals surface area contributed by atoms with Gasteiger partial charge in [0.1, 0.15) is 5.69 Å². The van der Waals surface area contributed by atoms with Gasteiger partial charge in [0, 0.05) is 16.3 Å². The Labute approximate surface area is 157 Å². The second-order valence-corrected chi connectivity index (χ2v) is 7.01. The Morgan fingerprint density at radius 3 is 2.15 bits per heavy atom. The van der Waals surface area contributed by atoms with E-state index in [0.717, 1.165) is 38.9 Å². The van der Waals surface area contributed by atoms with Gasteiger partial charge in [0.25, 0.3) is 0 Å². The van der Waals surface area contributed by atoms with E-state index in [4.69, 9.17) is 10.1 Å². The summed E-state index contributed by atoms with van der Waals surface area (Å²) in [5.41, 5.74) is 7.42. The van der Waals surface area contributed by atoms with Gasteiger partial charge in [-0.1, -0.05) is 65.7 Å². The highest BCUT2D eigenvalue weighted by atomic mass is 15.3. The van der Waals surface area contributed by atoms with E-state index in [0.29, 0.717) is 0 Å². The summed E-state index contributed by atoms with van der Waals surface area (Å²) in [6.07, 6.45) is 0. The summed E-state index contributed by atoms with van der Waals surface area (Å²) in [6.45, 7) is 4.19. The van der Waals surface area contributed by atoms with Gasteiger partial charge in [0.15, 0.2) is 5.65 Å². The Morgan fingerprint density at radius 1 is 0.741 bits per heavy atom. The Morgan fingerprint density at radius 2 is 1.41 bits per heavy atom. The Bertz CT molecular complexity index is 1160. The quantitative estimate of drug-likeness (QED) is 0.400. The number of fused-ring (bicyclic) bond motifs is 2. The van der Waals surface area contributed by atoms with Gasteiger partial charge in [-0.2, -0.15) is 5.10 Å². The number of para-hydroxylation sites is 1. The maximum Gasteiger partial charge on any atom is 0.164 e. The van der Waals surface area contributed by atoms with Gasteiger partial charge >= 0.3 is 0 Å². The number of aryl methyl sites for hydroxylation is 2. The largest absolute Gasteiger partial charge is 0.228 e. The Kier molecular flexibility index (Phi) is 3.54. The third-order valence-electron chi connectivity index (χ3n) is 4.96. The maximum atomic E-state index is 4.97. The highest BCUT2D eigenvalue weighted by molar-refractivity contribution is 5.99. The van der Waals surface area contributed by atoms with Crippen LogP contribution in [0.15, 0.2) is 78.9 Å². The van der Waals surface area contributed by atoms with E-state index in [2.05, 4.69) is 74.5 Å². The van der Waals surface area contributed by atoms with Gasteiger partial charge < -0.3 is 0 Å². The standard InChI is InChI=1S/C24H19N3/c1-16-7-11-18(12-8-16)23-21-15-19-5-3-4-6-22(19)25-24(21)27(26-23)20-13-9-17(2)10-14-20/h3-15H,1-2H3. The molecule has 2 aromatic heterocycles. The molecule has 0 radical (unpaired) electrons. The zero-order valence-corrected chi connectivity index (χ0v) is 15.3. The van der Waals surface area contributed by atoms with E-state index in [1.807, 2.05) is 22.9 Å². The number of aromatic nitrogens is 3. The van der Waals surface area contributed by atoms with Crippen LogP contribution < -0.4 is 0 Å². The molecule has 0 unspecified atom stereocenters. The van der Waals surface area contributed by atoms with Crippen molar-refractivity contribution in [2.24, 2.45) is 0 Å². The van der Waals surface area contributed by atoms with E-state index in [9.17, 15) is 0 Å². The highest BCUT2D eigenvalue weighted by Crippen LogP contribution is 2.31. The lowest BCUT2D eigenvalue weighted by molar-refractivity contribution is 0.902. The zero-order chi connectivity index (χ0) is 18.4. The third-order valence-corrected chi connectivity index (χ3v) is 4.96. The summed E-state index contributed by atoms with van der Waals surface area (Å²) in [7, 11) is 0. The molecule has 0 atom stereocenters. The molecule has 27 heavy (non-hydrogen) atoms. The van der Waals surface area contributed by atoms with Crippen molar-refractivity contribution in [1.29, 1.82) is 0 Å². The molecule has 0 aliphatic rings. The summed E-state index contributed by atoms with van der Waals surface area (Å²) in [6, 6.07) is 27.3. The first-order valence-corrected chi connectivity index (χ1v) is 9.12. The van der Waals surface area contributed by atoms with Crippen LogP contribution in [0.25, 0.3) is 38.9 Å². The van der Waals surface area contributed by atoms with Crippen LogP contribution in [0.5, 0.6) is 0 Å². The molecule has 0 saturated heterocycles. The molecule has 3 aromatic carbocycles. The van der Waals surface area contributed by atoms with E-state index in [1.165, 1.54) is 11.1 Å². The topological polar surface area (TPSA) is 30.7 Å². The molecule has 0 amide bonds. The molecule has 0 aliphatic heterocycles. The molecule has 0 bridgehead atoms. The van der Waals surface area contributed by atoms with Crippen molar-refractivity contribution >= 4 is 21.9 Å². The van der Waals surface area contributed by atoms with E-state index in [-0.39, 0.29) is 0 Å². The first-order chi connectivity index (χ1) is 13.2. The van der Waals surface area contributed by atoms with Crippen molar-refractivity contribution in [3.8, 4) is 16.9 Å². The smallest absolute Gasteiger partial charge is 0.164 e. The van der Waals surface area contributed by atoms with E-state index in [1.54, 1.807) is 0 Å². The van der Waals surface area contributed by atoms with Crippen LogP contribution in [0.2, 0.25) is 0 Å². The lowest BCUT2D eigenvalue weighted by atomic mass is 10.1. The number of hydrogen-bond donors (Lipinski definition) is 0. The van der Waals surface area contributed by atoms with Crippen LogP contribution in [-0.4, -0.2) is 14.8 Å². The molecule has 0 saturated carbocycles. The average molecular weight is 349 g/mol. The monoisotopic (exact) mass is 349 g/mol. The number of nitrogens with zero attached hydrogens (tertiary/aromatic N) is 3. The summed E-state index contributed by atoms with van der Waals surface area (Å²) in [4.78, 5) is 4.94. The molecule has 5 aromatic rings. The zero-order valence-electron chi connectivity index (χ0n) is 15.3. The van der Waals surface area contributed by atoms with Crippen LogP contribution in [0.1, 0.15) is 11.1 Å². The minimum Gasteiger partial charge on any atom is -0.228 e. The summed E-state index contributed by atoms with van der Waals surface area (Å²) < 4.78 is 1.95. The van der Waals surface area contributed by atoms with Crippen molar-refractivity contribution in [3.63, 3.8) is 0 Å². The van der Waals surface area contributed by atoms with E-state index >= 15 is 0 Å². The average Bonchev–Trinajstić information content (AvgIpc) is 3.06. The molecule has 5 rings (SSSR count). The molecule has 2 heterocycles. The summed E-state index contributed by atoms with van der Waals surface area (Å²) in [5, 5.41) is 7.16. The van der Waals surface area contributed by atoms with Crippen LogP contribution in [0.4, 0.5) is 0 Å². The van der Waals surface area contributed by atoms with Crippen molar-refractivity contribution in [2.75, 3.05) is 0 Å². The first-order valence-electron chi connectivity index (χ1n) is 9.12. The molecule has 0 N–H and O–H groups in total. The second kappa shape index (κ2) is 6.06. The van der Waals surface area contributed by atoms with Crippen molar-refractivity contribution < 1.29 is 0 Å². The molecular weight excluding hydrogens is 330 g/mol. The number of hydrogen-bond acceptors (Lipinski definition) is 2. The van der Waals surface area contributed by atoms with Crippen LogP contribution in [0.3, 0.4) is 0 Å². The van der Waals surface area contributed by atoms with Crippen LogP contribution >= 0.6 is 0 Å². The molecular formula is C24H19N3. The van der Waals surface area contributed by atoms with Crippen molar-refractivity contribution in [2.45, 2.75) is 13.8 Å². The van der Waals surface area contributed by atoms with Gasteiger partial charge in [0.2, 0.25) is 0 Å². The molecule has 3 nitrogen and oxygen atoms in total. The summed E-state index contributed by atoms with van der Waals surface area (Å²) in [5.74, 6) is 0. The highest BCUT2D eigenvalue weighted by Gasteiger charge is 2.16. The first kappa shape index (κ1) is 15.8. The molecule has 130 valence electrons. The number of rotatable bonds is 2. The SMILES string of the molecule is Cc1ccc(-c2nn(-c3ccc(C)cc3)c3nc4ccccc4cc23)cc1.